The average Bonchev–Trinajstić information content (AvgIpc) is 2.92. The molecular formula is C20H17NO. The van der Waals surface area contributed by atoms with Gasteiger partial charge in [-0.15, -0.1) is 0 Å². The second kappa shape index (κ2) is 5.23. The molecule has 0 heterocycles. The quantitative estimate of drug-likeness (QED) is 0.578. The molecule has 0 fully saturated rings. The van der Waals surface area contributed by atoms with E-state index in [4.69, 9.17) is 0 Å². The van der Waals surface area contributed by atoms with Crippen LogP contribution in [0.15, 0.2) is 66.7 Å². The molecule has 0 unspecified atom stereocenters. The van der Waals surface area contributed by atoms with Gasteiger partial charge in [-0.25, -0.2) is 0 Å². The summed E-state index contributed by atoms with van der Waals surface area (Å²) in [5, 5.41) is 12.8. The molecule has 0 aliphatic heterocycles. The second-order valence-electron chi connectivity index (χ2n) is 5.73. The molecule has 0 saturated heterocycles. The van der Waals surface area contributed by atoms with Crippen molar-refractivity contribution >= 4 is 5.69 Å². The fourth-order valence-corrected chi connectivity index (χ4v) is 3.07. The van der Waals surface area contributed by atoms with E-state index in [0.29, 0.717) is 5.75 Å². The number of nitrogens with one attached hydrogen (secondary N) is 1. The van der Waals surface area contributed by atoms with Gasteiger partial charge in [-0.2, -0.15) is 0 Å². The molecule has 0 aromatic heterocycles. The lowest BCUT2D eigenvalue weighted by Gasteiger charge is -2.09. The van der Waals surface area contributed by atoms with Gasteiger partial charge in [0.2, 0.25) is 0 Å². The Kier molecular flexibility index (Phi) is 3.08. The number of phenolic OH excluding ortho intramolecular Hbond substituents is 1. The van der Waals surface area contributed by atoms with Gasteiger partial charge in [0.25, 0.3) is 0 Å². The van der Waals surface area contributed by atoms with Gasteiger partial charge in [-0.1, -0.05) is 42.5 Å². The first kappa shape index (κ1) is 13.0. The number of rotatable bonds is 3. The first-order chi connectivity index (χ1) is 10.8. The summed E-state index contributed by atoms with van der Waals surface area (Å²) in [6.07, 6.45) is 1.01. The van der Waals surface area contributed by atoms with Gasteiger partial charge in [0, 0.05) is 12.2 Å². The molecule has 0 radical (unpaired) electrons. The summed E-state index contributed by atoms with van der Waals surface area (Å²) in [6, 6.07) is 22.5. The zero-order chi connectivity index (χ0) is 14.9. The van der Waals surface area contributed by atoms with E-state index in [1.165, 1.54) is 22.3 Å². The van der Waals surface area contributed by atoms with Crippen LogP contribution in [0.25, 0.3) is 11.1 Å². The molecule has 3 aromatic rings. The van der Waals surface area contributed by atoms with E-state index in [-0.39, 0.29) is 0 Å². The molecule has 1 aliphatic rings. The minimum Gasteiger partial charge on any atom is -0.508 e. The third-order valence-electron chi connectivity index (χ3n) is 4.23. The molecule has 0 atom stereocenters. The maximum Gasteiger partial charge on any atom is 0.115 e. The van der Waals surface area contributed by atoms with Gasteiger partial charge >= 0.3 is 0 Å². The molecule has 3 aromatic carbocycles. The third-order valence-corrected chi connectivity index (χ3v) is 4.23. The standard InChI is InChI=1S/C20H17NO/c22-18-8-5-14(6-9-18)13-21-17-7-10-20-16(12-17)11-15-3-1-2-4-19(15)20/h1-10,12,21-22H,11,13H2. The molecule has 0 saturated carbocycles. The van der Waals surface area contributed by atoms with Crippen LogP contribution in [-0.4, -0.2) is 5.11 Å². The van der Waals surface area contributed by atoms with Crippen molar-refractivity contribution in [1.82, 2.24) is 0 Å². The van der Waals surface area contributed by atoms with Crippen molar-refractivity contribution < 1.29 is 5.11 Å². The molecule has 2 nitrogen and oxygen atoms in total. The molecule has 1 aliphatic carbocycles. The van der Waals surface area contributed by atoms with Gasteiger partial charge in [-0.05, 0) is 58.5 Å². The van der Waals surface area contributed by atoms with Crippen molar-refractivity contribution in [1.29, 1.82) is 0 Å². The van der Waals surface area contributed by atoms with Crippen LogP contribution in [0.1, 0.15) is 16.7 Å². The summed E-state index contributed by atoms with van der Waals surface area (Å²) in [7, 11) is 0. The Labute approximate surface area is 130 Å². The minimum atomic E-state index is 0.305. The highest BCUT2D eigenvalue weighted by atomic mass is 16.3. The Morgan fingerprint density at radius 1 is 0.818 bits per heavy atom. The molecule has 22 heavy (non-hydrogen) atoms. The van der Waals surface area contributed by atoms with Gasteiger partial charge in [-0.3, -0.25) is 0 Å². The lowest BCUT2D eigenvalue weighted by Crippen LogP contribution is -1.99. The van der Waals surface area contributed by atoms with E-state index in [0.717, 1.165) is 24.2 Å². The fraction of sp³-hybridized carbons (Fsp3) is 0.100. The topological polar surface area (TPSA) is 32.3 Å². The third kappa shape index (κ3) is 2.33. The lowest BCUT2D eigenvalue weighted by atomic mass is 10.1. The number of fused-ring (bicyclic) bond motifs is 3. The van der Waals surface area contributed by atoms with Crippen molar-refractivity contribution in [2.75, 3.05) is 5.32 Å². The van der Waals surface area contributed by atoms with Gasteiger partial charge in [0.15, 0.2) is 0 Å². The summed E-state index contributed by atoms with van der Waals surface area (Å²) >= 11 is 0. The number of hydrogen-bond donors (Lipinski definition) is 2. The molecule has 2 heteroatoms. The van der Waals surface area contributed by atoms with E-state index in [2.05, 4.69) is 47.8 Å². The van der Waals surface area contributed by atoms with E-state index >= 15 is 0 Å². The zero-order valence-corrected chi connectivity index (χ0v) is 12.2. The van der Waals surface area contributed by atoms with E-state index in [1.54, 1.807) is 12.1 Å². The van der Waals surface area contributed by atoms with Gasteiger partial charge in [0.05, 0.1) is 0 Å². The summed E-state index contributed by atoms with van der Waals surface area (Å²) in [5.41, 5.74) is 7.81. The maximum atomic E-state index is 9.31. The van der Waals surface area contributed by atoms with Crippen LogP contribution in [0, 0.1) is 0 Å². The molecule has 0 bridgehead atoms. The van der Waals surface area contributed by atoms with Crippen LogP contribution in [-0.2, 0) is 13.0 Å². The Bertz CT molecular complexity index is 821. The summed E-state index contributed by atoms with van der Waals surface area (Å²) in [6.45, 7) is 0.756. The lowest BCUT2D eigenvalue weighted by molar-refractivity contribution is 0.475. The minimum absolute atomic E-state index is 0.305. The largest absolute Gasteiger partial charge is 0.508 e. The number of phenols is 1. The number of anilines is 1. The Morgan fingerprint density at radius 2 is 1.59 bits per heavy atom. The number of aromatic hydroxyl groups is 1. The average molecular weight is 287 g/mol. The van der Waals surface area contributed by atoms with Crippen LogP contribution in [0.3, 0.4) is 0 Å². The Balaban J connectivity index is 1.53. The molecule has 0 amide bonds. The maximum absolute atomic E-state index is 9.31. The van der Waals surface area contributed by atoms with Crippen LogP contribution in [0.2, 0.25) is 0 Å². The fourth-order valence-electron chi connectivity index (χ4n) is 3.07. The van der Waals surface area contributed by atoms with Crippen molar-refractivity contribution in [2.24, 2.45) is 0 Å². The highest BCUT2D eigenvalue weighted by Gasteiger charge is 2.17. The van der Waals surface area contributed by atoms with Gasteiger partial charge in [0.1, 0.15) is 5.75 Å². The number of benzene rings is 3. The van der Waals surface area contributed by atoms with Crippen LogP contribution < -0.4 is 5.32 Å². The molecule has 0 spiro atoms. The second-order valence-corrected chi connectivity index (χ2v) is 5.73. The highest BCUT2D eigenvalue weighted by Crippen LogP contribution is 2.37. The monoisotopic (exact) mass is 287 g/mol. The first-order valence-electron chi connectivity index (χ1n) is 7.52. The van der Waals surface area contributed by atoms with Crippen molar-refractivity contribution in [3.63, 3.8) is 0 Å². The van der Waals surface area contributed by atoms with E-state index in [9.17, 15) is 5.11 Å². The van der Waals surface area contributed by atoms with Crippen LogP contribution in [0.4, 0.5) is 5.69 Å². The molecule has 108 valence electrons. The predicted octanol–water partition coefficient (Wildman–Crippen LogP) is 4.58. The summed E-state index contributed by atoms with van der Waals surface area (Å²) < 4.78 is 0. The zero-order valence-electron chi connectivity index (χ0n) is 12.2. The Hall–Kier alpha value is -2.74. The SMILES string of the molecule is Oc1ccc(CNc2ccc3c(c2)Cc2ccccc2-3)cc1. The van der Waals surface area contributed by atoms with Crippen molar-refractivity contribution in [3.8, 4) is 16.9 Å². The summed E-state index contributed by atoms with van der Waals surface area (Å²) in [4.78, 5) is 0. The first-order valence-corrected chi connectivity index (χ1v) is 7.52. The number of hydrogen-bond acceptors (Lipinski definition) is 2. The van der Waals surface area contributed by atoms with E-state index in [1.807, 2.05) is 12.1 Å². The van der Waals surface area contributed by atoms with E-state index < -0.39 is 0 Å². The van der Waals surface area contributed by atoms with Crippen molar-refractivity contribution in [2.45, 2.75) is 13.0 Å². The smallest absolute Gasteiger partial charge is 0.115 e. The molecular weight excluding hydrogens is 270 g/mol. The molecule has 4 rings (SSSR count). The normalized spacial score (nSPS) is 11.8. The van der Waals surface area contributed by atoms with Gasteiger partial charge < -0.3 is 10.4 Å². The highest BCUT2D eigenvalue weighted by molar-refractivity contribution is 5.78. The van der Waals surface area contributed by atoms with Crippen LogP contribution in [0.5, 0.6) is 5.75 Å². The predicted molar refractivity (Wildman–Crippen MR) is 90.1 cm³/mol. The summed E-state index contributed by atoms with van der Waals surface area (Å²) in [5.74, 6) is 0.305. The van der Waals surface area contributed by atoms with Crippen LogP contribution >= 0.6 is 0 Å². The molecule has 2 N–H and O–H groups in total. The Morgan fingerprint density at radius 3 is 2.45 bits per heavy atom. The van der Waals surface area contributed by atoms with Crippen molar-refractivity contribution in [3.05, 3.63) is 83.4 Å².